The van der Waals surface area contributed by atoms with E-state index < -0.39 is 11.6 Å². The number of piperazine rings is 2. The number of rotatable bonds is 10. The van der Waals surface area contributed by atoms with Gasteiger partial charge in [-0.2, -0.15) is 9.97 Å². The number of fused-ring (bicyclic) bond motifs is 8. The van der Waals surface area contributed by atoms with Crippen LogP contribution in [0.25, 0.3) is 0 Å². The third-order valence-electron chi connectivity index (χ3n) is 18.3. The normalized spacial score (nSPS) is 29.5. The van der Waals surface area contributed by atoms with E-state index in [-0.39, 0.29) is 76.3 Å². The molecule has 14 rings (SSSR count). The third-order valence-corrected chi connectivity index (χ3v) is 18.5. The van der Waals surface area contributed by atoms with E-state index in [0.717, 1.165) is 118 Å². The first-order valence-corrected chi connectivity index (χ1v) is 29.6. The van der Waals surface area contributed by atoms with Crippen molar-refractivity contribution in [3.63, 3.8) is 0 Å². The fraction of sp³-hybridized carbons (Fsp3) is 0.516. The molecule has 2 aliphatic heterocycles. The molecule has 4 heterocycles. The van der Waals surface area contributed by atoms with Crippen molar-refractivity contribution in [1.29, 1.82) is 0 Å². The Morgan fingerprint density at radius 3 is 1.42 bits per heavy atom. The Bertz CT molecular complexity index is 2940. The fourth-order valence-electron chi connectivity index (χ4n) is 13.9. The Hall–Kier alpha value is -6.63. The number of carbonyl (C=O) groups excluding carboxylic acids is 2. The van der Waals surface area contributed by atoms with Crippen molar-refractivity contribution < 1.29 is 18.4 Å². The minimum absolute atomic E-state index is 0.0113. The van der Waals surface area contributed by atoms with E-state index in [0.29, 0.717) is 5.95 Å². The number of benzene rings is 2. The van der Waals surface area contributed by atoms with Crippen LogP contribution in [0, 0.1) is 84.7 Å². The molecule has 2 aromatic carbocycles. The highest BCUT2D eigenvalue weighted by molar-refractivity contribution is 6.28. The SMILES string of the molecule is C1=C[C@H]2CC[C@@H]1C2.C1=C[C@H]2CC[C@@H]1C2.Cc1cc(N)ccc1N1CCN(C)CC1.Cc1cc(Nc2ncc(F)c(NC3C(C(N)=O)[C@@H]4C=C[C@H]3C4)n2)ccc1N1CCN(C)CC1.NC(=O)C1C(Nc2nc(Cl)ncc2F)[C@H]2C=C[C@@H]1C2. The van der Waals surface area contributed by atoms with Crippen LogP contribution in [0.2, 0.25) is 5.28 Å². The highest BCUT2D eigenvalue weighted by atomic mass is 35.5. The lowest BCUT2D eigenvalue weighted by Crippen LogP contribution is -2.44. The first kappa shape index (κ1) is 57.6. The van der Waals surface area contributed by atoms with Crippen LogP contribution in [0.3, 0.4) is 0 Å². The zero-order chi connectivity index (χ0) is 56.9. The number of aryl methyl sites for hydroxylation is 2. The van der Waals surface area contributed by atoms with Crippen molar-refractivity contribution in [3.8, 4) is 0 Å². The molecule has 12 atom stereocenters. The summed E-state index contributed by atoms with van der Waals surface area (Å²) in [5, 5.41) is 9.22. The maximum absolute atomic E-state index is 14.5. The fourth-order valence-corrected chi connectivity index (χ4v) is 14.0. The molecule has 10 aliphatic rings. The summed E-state index contributed by atoms with van der Waals surface area (Å²) < 4.78 is 28.1. The number of likely N-dealkylation sites (N-methyl/N-ethyl adjacent to an activating group) is 2. The van der Waals surface area contributed by atoms with Gasteiger partial charge in [-0.05, 0) is 186 Å². The summed E-state index contributed by atoms with van der Waals surface area (Å²) in [5.74, 6) is 2.27. The first-order chi connectivity index (χ1) is 39.0. The maximum atomic E-state index is 14.5. The molecular weight excluding hydrogens is 1050 g/mol. The molecule has 4 saturated carbocycles. The second-order valence-electron chi connectivity index (χ2n) is 24.0. The summed E-state index contributed by atoms with van der Waals surface area (Å²) in [5.41, 5.74) is 23.5. The standard InChI is InChI=1S/C24H30FN7O.C12H12ClFN4O.C12H19N3.2C7H10/c1-14-11-17(5-6-19(14)32-9-7-31(2)8-10-32)28-24-27-13-18(25)23(30-24)29-21-16-4-3-15(12-16)20(21)22(26)33;13-12-16-4-7(14)11(18-12)17-9-6-2-1-5(3-6)8(9)10(15)19;1-10-9-11(13)3-4-12(10)15-7-5-14(2)6-8-15;2*1-2-7-4-3-6(1)5-7/h3-6,11,13,15-16,20-21H,7-10,12H2,1-2H3,(H2,26,33)(H2,27,28,29,30);1-2,4-6,8-9H,3H2,(H2,15,19)(H,16,17,18);3-4,9H,5-8,13H2,1-2H3;2*1-2,6-7H,3-5H2/t15-,16+,20?,21?;5-,6+,8?,9?;;2*6-,7+/m11.../s1. The number of primary amides is 2. The first-order valence-electron chi connectivity index (χ1n) is 29.2. The van der Waals surface area contributed by atoms with Gasteiger partial charge in [0.2, 0.25) is 23.0 Å². The van der Waals surface area contributed by atoms with Crippen LogP contribution in [-0.4, -0.2) is 120 Å². The van der Waals surface area contributed by atoms with Crippen LogP contribution >= 0.6 is 11.6 Å². The Morgan fingerprint density at radius 1 is 0.568 bits per heavy atom. The minimum Gasteiger partial charge on any atom is -0.399 e. The second kappa shape index (κ2) is 25.7. The number of allylic oxidation sites excluding steroid dienone is 6. The van der Waals surface area contributed by atoms with Crippen LogP contribution in [0.5, 0.6) is 0 Å². The van der Waals surface area contributed by atoms with Gasteiger partial charge in [-0.1, -0.05) is 48.6 Å². The van der Waals surface area contributed by atoms with E-state index >= 15 is 0 Å². The molecule has 432 valence electrons. The molecule has 0 spiro atoms. The molecule has 2 saturated heterocycles. The Kier molecular flexibility index (Phi) is 18.2. The lowest BCUT2D eigenvalue weighted by atomic mass is 9.88. The van der Waals surface area contributed by atoms with Crippen LogP contribution in [0.15, 0.2) is 97.4 Å². The zero-order valence-corrected chi connectivity index (χ0v) is 48.0. The van der Waals surface area contributed by atoms with E-state index in [1.165, 1.54) is 55.5 Å². The lowest BCUT2D eigenvalue weighted by molar-refractivity contribution is -0.123. The lowest BCUT2D eigenvalue weighted by Gasteiger charge is -2.35. The summed E-state index contributed by atoms with van der Waals surface area (Å²) in [6.45, 7) is 12.8. The van der Waals surface area contributed by atoms with Gasteiger partial charge in [-0.25, -0.2) is 18.7 Å². The number of halogens is 3. The number of carbonyl (C=O) groups is 2. The topological polar surface area (TPSA) is 213 Å². The molecule has 19 heteroatoms. The number of hydrogen-bond acceptors (Lipinski definition) is 14. The van der Waals surface area contributed by atoms with Crippen molar-refractivity contribution in [2.45, 2.75) is 77.3 Å². The number of nitrogen functional groups attached to an aromatic ring is 1. The Morgan fingerprint density at radius 2 is 1.00 bits per heavy atom. The van der Waals surface area contributed by atoms with Crippen molar-refractivity contribution in [1.82, 2.24) is 29.7 Å². The number of nitrogens with two attached hydrogens (primary N) is 3. The van der Waals surface area contributed by atoms with Gasteiger partial charge in [0.05, 0.1) is 24.2 Å². The van der Waals surface area contributed by atoms with Gasteiger partial charge in [0, 0.05) is 87.2 Å². The summed E-state index contributed by atoms with van der Waals surface area (Å²) in [7, 11) is 4.32. The average molecular weight is 1130 g/mol. The number of anilines is 7. The molecule has 8 aliphatic carbocycles. The minimum atomic E-state index is -0.598. The van der Waals surface area contributed by atoms with Crippen LogP contribution in [-0.2, 0) is 9.59 Å². The zero-order valence-electron chi connectivity index (χ0n) is 47.2. The number of nitrogens with one attached hydrogen (secondary N) is 3. The maximum Gasteiger partial charge on any atom is 0.229 e. The van der Waals surface area contributed by atoms with Crippen LogP contribution in [0.4, 0.5) is 49.1 Å². The van der Waals surface area contributed by atoms with Crippen molar-refractivity contribution in [2.75, 3.05) is 97.9 Å². The molecule has 4 aromatic rings. The van der Waals surface area contributed by atoms with Crippen molar-refractivity contribution in [2.24, 2.45) is 70.6 Å². The molecule has 2 amide bonds. The summed E-state index contributed by atoms with van der Waals surface area (Å²) >= 11 is 5.65. The highest BCUT2D eigenvalue weighted by Gasteiger charge is 2.49. The van der Waals surface area contributed by atoms with Crippen LogP contribution in [0.1, 0.15) is 62.5 Å². The van der Waals surface area contributed by atoms with Crippen LogP contribution < -0.4 is 43.0 Å². The number of hydrogen-bond donors (Lipinski definition) is 6. The monoisotopic (exact) mass is 1130 g/mol. The Balaban J connectivity index is 0.000000128. The number of nitrogens with zero attached hydrogens (tertiary/aromatic N) is 8. The summed E-state index contributed by atoms with van der Waals surface area (Å²) in [6, 6.07) is 11.8. The molecule has 8 bridgehead atoms. The molecule has 16 nitrogen and oxygen atoms in total. The molecule has 2 aromatic heterocycles. The van der Waals surface area contributed by atoms with E-state index in [9.17, 15) is 18.4 Å². The van der Waals surface area contributed by atoms with Gasteiger partial charge in [-0.3, -0.25) is 9.59 Å². The number of amides is 2. The quantitative estimate of drug-likeness (QED) is 0.0497. The largest absolute Gasteiger partial charge is 0.399 e. The van der Waals surface area contributed by atoms with Crippen molar-refractivity contribution in [3.05, 3.63) is 125 Å². The van der Waals surface area contributed by atoms with Crippen molar-refractivity contribution >= 4 is 63.7 Å². The molecule has 4 unspecified atom stereocenters. The second-order valence-corrected chi connectivity index (χ2v) is 24.3. The molecule has 0 radical (unpaired) electrons. The van der Waals surface area contributed by atoms with Gasteiger partial charge in [0.1, 0.15) is 0 Å². The molecule has 81 heavy (non-hydrogen) atoms. The average Bonchev–Trinajstić information content (AvgIpc) is 4.48. The number of aromatic nitrogens is 4. The van der Waals surface area contributed by atoms with Gasteiger partial charge in [0.25, 0.3) is 0 Å². The van der Waals surface area contributed by atoms with E-state index in [4.69, 9.17) is 28.8 Å². The van der Waals surface area contributed by atoms with E-state index in [2.05, 4.69) is 132 Å². The summed E-state index contributed by atoms with van der Waals surface area (Å²) in [4.78, 5) is 48.9. The van der Waals surface area contributed by atoms with E-state index in [1.54, 1.807) is 0 Å². The predicted molar refractivity (Wildman–Crippen MR) is 320 cm³/mol. The summed E-state index contributed by atoms with van der Waals surface area (Å²) in [6.07, 6.45) is 30.4. The third kappa shape index (κ3) is 14.0. The van der Waals surface area contributed by atoms with Gasteiger partial charge in [0.15, 0.2) is 23.3 Å². The van der Waals surface area contributed by atoms with Gasteiger partial charge in [-0.15, -0.1) is 0 Å². The molecule has 9 N–H and O–H groups in total. The molecular formula is C62H81ClF2N14O2. The van der Waals surface area contributed by atoms with Gasteiger partial charge < -0.3 is 52.8 Å². The smallest absolute Gasteiger partial charge is 0.229 e. The highest BCUT2D eigenvalue weighted by Crippen LogP contribution is 2.46. The molecule has 6 fully saturated rings. The Labute approximate surface area is 481 Å². The van der Waals surface area contributed by atoms with Gasteiger partial charge >= 0.3 is 0 Å². The predicted octanol–water partition coefficient (Wildman–Crippen LogP) is 9.14. The van der Waals surface area contributed by atoms with E-state index in [1.807, 2.05) is 36.4 Å².